The van der Waals surface area contributed by atoms with Crippen LogP contribution in [0.4, 0.5) is 29.3 Å². The number of carbonyl (C=O) groups is 1. The van der Waals surface area contributed by atoms with E-state index in [4.69, 9.17) is 0 Å². The van der Waals surface area contributed by atoms with E-state index in [0.29, 0.717) is 5.69 Å². The zero-order valence-electron chi connectivity index (χ0n) is 13.5. The van der Waals surface area contributed by atoms with Gasteiger partial charge in [0.05, 0.1) is 29.2 Å². The average molecular weight is 357 g/mol. The Morgan fingerprint density at radius 3 is 2.38 bits per heavy atom. The summed E-state index contributed by atoms with van der Waals surface area (Å²) in [5.41, 5.74) is 1.18. The van der Waals surface area contributed by atoms with Crippen molar-refractivity contribution >= 4 is 17.4 Å². The van der Waals surface area contributed by atoms with Crippen LogP contribution in [0.2, 0.25) is 0 Å². The molecule has 4 nitrogen and oxygen atoms in total. The van der Waals surface area contributed by atoms with E-state index < -0.39 is 17.8 Å². The monoisotopic (exact) mass is 357 g/mol. The van der Waals surface area contributed by atoms with Crippen LogP contribution in [0, 0.1) is 0 Å². The van der Waals surface area contributed by atoms with Gasteiger partial charge >= 0.3 is 12.2 Å². The number of rotatable bonds is 1. The van der Waals surface area contributed by atoms with Gasteiger partial charge in [-0.05, 0) is 36.4 Å². The molecule has 0 fully saturated rings. The molecule has 4 rings (SSSR count). The van der Waals surface area contributed by atoms with Crippen LogP contribution in [0.5, 0.6) is 0 Å². The molecule has 1 aromatic heterocycles. The van der Waals surface area contributed by atoms with Crippen LogP contribution < -0.4 is 10.2 Å². The molecule has 2 heterocycles. The first kappa shape index (κ1) is 16.3. The molecule has 2 aromatic carbocycles. The van der Waals surface area contributed by atoms with Gasteiger partial charge < -0.3 is 9.88 Å². The molecule has 7 heteroatoms. The number of anilines is 2. The van der Waals surface area contributed by atoms with Gasteiger partial charge in [0.1, 0.15) is 0 Å². The second-order valence-electron chi connectivity index (χ2n) is 5.92. The maximum Gasteiger partial charge on any atom is 0.418 e. The van der Waals surface area contributed by atoms with Gasteiger partial charge in [0.15, 0.2) is 0 Å². The summed E-state index contributed by atoms with van der Waals surface area (Å²) in [7, 11) is 0. The molecule has 0 spiro atoms. The summed E-state index contributed by atoms with van der Waals surface area (Å²) in [5, 5.41) is 2.41. The van der Waals surface area contributed by atoms with Gasteiger partial charge in [0.25, 0.3) is 0 Å². The van der Waals surface area contributed by atoms with Crippen molar-refractivity contribution in [3.63, 3.8) is 0 Å². The molecule has 1 aliphatic rings. The lowest BCUT2D eigenvalue weighted by Gasteiger charge is -2.31. The van der Waals surface area contributed by atoms with Crippen LogP contribution in [0.3, 0.4) is 0 Å². The van der Waals surface area contributed by atoms with Crippen molar-refractivity contribution in [3.8, 4) is 5.69 Å². The number of nitrogens with zero attached hydrogens (tertiary/aromatic N) is 2. The molecule has 3 aromatic rings. The quantitative estimate of drug-likeness (QED) is 0.650. The van der Waals surface area contributed by atoms with Gasteiger partial charge in [-0.1, -0.05) is 24.3 Å². The van der Waals surface area contributed by atoms with Crippen molar-refractivity contribution in [3.05, 3.63) is 78.1 Å². The summed E-state index contributed by atoms with van der Waals surface area (Å²) < 4.78 is 41.5. The van der Waals surface area contributed by atoms with Crippen molar-refractivity contribution in [2.75, 3.05) is 10.2 Å². The normalized spacial score (nSPS) is 13.1. The fourth-order valence-electron chi connectivity index (χ4n) is 3.13. The number of alkyl halides is 3. The lowest BCUT2D eigenvalue weighted by molar-refractivity contribution is -0.136. The molecule has 1 aliphatic heterocycles. The van der Waals surface area contributed by atoms with E-state index in [1.807, 2.05) is 35.0 Å². The third kappa shape index (κ3) is 2.71. The summed E-state index contributed by atoms with van der Waals surface area (Å²) in [4.78, 5) is 14.2. The number of amides is 2. The summed E-state index contributed by atoms with van der Waals surface area (Å²) in [6, 6.07) is 15.4. The van der Waals surface area contributed by atoms with Crippen LogP contribution >= 0.6 is 0 Å². The SMILES string of the molecule is O=C(Nc1ccccc1C(F)(F)F)N1Cc2cccn2-c2ccccc21. The number of para-hydroxylation sites is 3. The summed E-state index contributed by atoms with van der Waals surface area (Å²) in [5.74, 6) is 0. The molecule has 0 atom stereocenters. The lowest BCUT2D eigenvalue weighted by atomic mass is 10.1. The fourth-order valence-corrected chi connectivity index (χ4v) is 3.13. The van der Waals surface area contributed by atoms with Gasteiger partial charge in [-0.3, -0.25) is 4.90 Å². The number of hydrogen-bond acceptors (Lipinski definition) is 1. The molecular formula is C19H14F3N3O. The smallest absolute Gasteiger partial charge is 0.317 e. The van der Waals surface area contributed by atoms with Crippen molar-refractivity contribution < 1.29 is 18.0 Å². The number of urea groups is 1. The predicted octanol–water partition coefficient (Wildman–Crippen LogP) is 5.05. The van der Waals surface area contributed by atoms with Gasteiger partial charge in [-0.2, -0.15) is 13.2 Å². The van der Waals surface area contributed by atoms with Crippen LogP contribution in [-0.4, -0.2) is 10.6 Å². The van der Waals surface area contributed by atoms with E-state index in [0.717, 1.165) is 17.4 Å². The minimum atomic E-state index is -4.54. The Morgan fingerprint density at radius 1 is 0.923 bits per heavy atom. The Kier molecular flexibility index (Phi) is 3.72. The first-order chi connectivity index (χ1) is 12.4. The van der Waals surface area contributed by atoms with E-state index in [2.05, 4.69) is 5.32 Å². The number of benzene rings is 2. The van der Waals surface area contributed by atoms with Crippen molar-refractivity contribution in [1.82, 2.24) is 4.57 Å². The van der Waals surface area contributed by atoms with E-state index in [1.54, 1.807) is 12.1 Å². The Balaban J connectivity index is 1.69. The number of nitrogens with one attached hydrogen (secondary N) is 1. The van der Waals surface area contributed by atoms with Gasteiger partial charge in [-0.25, -0.2) is 4.79 Å². The third-order valence-electron chi connectivity index (χ3n) is 4.30. The average Bonchev–Trinajstić information content (AvgIpc) is 3.09. The van der Waals surface area contributed by atoms with Gasteiger partial charge in [0.2, 0.25) is 0 Å². The Hall–Kier alpha value is -3.22. The van der Waals surface area contributed by atoms with E-state index in [9.17, 15) is 18.0 Å². The summed E-state index contributed by atoms with van der Waals surface area (Å²) >= 11 is 0. The van der Waals surface area contributed by atoms with Crippen molar-refractivity contribution in [1.29, 1.82) is 0 Å². The van der Waals surface area contributed by atoms with Crippen LogP contribution in [-0.2, 0) is 12.7 Å². The molecule has 1 N–H and O–H groups in total. The number of carbonyl (C=O) groups excluding carboxylic acids is 1. The number of fused-ring (bicyclic) bond motifs is 3. The number of aromatic nitrogens is 1. The standard InChI is InChI=1S/C19H14F3N3O/c20-19(21,22)14-7-1-2-8-15(14)23-18(26)25-12-13-6-5-11-24(13)16-9-3-4-10-17(16)25/h1-11H,12H2,(H,23,26). The highest BCUT2D eigenvalue weighted by molar-refractivity contribution is 6.03. The summed E-state index contributed by atoms with van der Waals surface area (Å²) in [6.07, 6.45) is -2.65. The Labute approximate surface area is 147 Å². The third-order valence-corrected chi connectivity index (χ3v) is 4.30. The first-order valence-electron chi connectivity index (χ1n) is 7.95. The second-order valence-corrected chi connectivity index (χ2v) is 5.92. The Bertz CT molecular complexity index is 978. The Morgan fingerprint density at radius 2 is 1.62 bits per heavy atom. The molecule has 26 heavy (non-hydrogen) atoms. The zero-order chi connectivity index (χ0) is 18.3. The van der Waals surface area contributed by atoms with E-state index in [1.165, 1.54) is 23.1 Å². The fraction of sp³-hybridized carbons (Fsp3) is 0.105. The first-order valence-corrected chi connectivity index (χ1v) is 7.95. The van der Waals surface area contributed by atoms with Crippen LogP contribution in [0.15, 0.2) is 66.9 Å². The lowest BCUT2D eigenvalue weighted by Crippen LogP contribution is -2.38. The van der Waals surface area contributed by atoms with Crippen LogP contribution in [0.1, 0.15) is 11.3 Å². The zero-order valence-corrected chi connectivity index (χ0v) is 13.5. The maximum absolute atomic E-state index is 13.2. The van der Waals surface area contributed by atoms with Crippen molar-refractivity contribution in [2.45, 2.75) is 12.7 Å². The van der Waals surface area contributed by atoms with E-state index >= 15 is 0 Å². The molecule has 0 unspecified atom stereocenters. The molecule has 0 aliphatic carbocycles. The minimum Gasteiger partial charge on any atom is -0.317 e. The molecule has 2 amide bonds. The minimum absolute atomic E-state index is 0.261. The molecule has 0 bridgehead atoms. The molecule has 0 saturated heterocycles. The highest BCUT2D eigenvalue weighted by atomic mass is 19.4. The number of halogens is 3. The number of hydrogen-bond donors (Lipinski definition) is 1. The van der Waals surface area contributed by atoms with E-state index in [-0.39, 0.29) is 12.2 Å². The summed E-state index contributed by atoms with van der Waals surface area (Å²) in [6.45, 7) is 0.268. The molecule has 132 valence electrons. The van der Waals surface area contributed by atoms with Crippen LogP contribution in [0.25, 0.3) is 5.69 Å². The predicted molar refractivity (Wildman–Crippen MR) is 92.4 cm³/mol. The maximum atomic E-state index is 13.2. The largest absolute Gasteiger partial charge is 0.418 e. The molecule has 0 radical (unpaired) electrons. The topological polar surface area (TPSA) is 37.3 Å². The van der Waals surface area contributed by atoms with Gasteiger partial charge in [-0.15, -0.1) is 0 Å². The highest BCUT2D eigenvalue weighted by Gasteiger charge is 2.34. The molecule has 0 saturated carbocycles. The molecular weight excluding hydrogens is 343 g/mol. The highest BCUT2D eigenvalue weighted by Crippen LogP contribution is 2.36. The van der Waals surface area contributed by atoms with Crippen molar-refractivity contribution in [2.24, 2.45) is 0 Å². The van der Waals surface area contributed by atoms with Gasteiger partial charge in [0, 0.05) is 11.9 Å². The second kappa shape index (κ2) is 5.94.